The van der Waals surface area contributed by atoms with Gasteiger partial charge in [0, 0.05) is 18.8 Å². The first-order chi connectivity index (χ1) is 13.4. The van der Waals surface area contributed by atoms with Gasteiger partial charge in [0.15, 0.2) is 6.61 Å². The molecular formula is C20H24N2O5S. The molecule has 28 heavy (non-hydrogen) atoms. The molecule has 2 fully saturated rings. The summed E-state index contributed by atoms with van der Waals surface area (Å²) in [6, 6.07) is 6.06. The number of amides is 1. The molecule has 0 spiro atoms. The van der Waals surface area contributed by atoms with Crippen molar-refractivity contribution in [2.45, 2.75) is 30.6 Å². The monoisotopic (exact) mass is 404 g/mol. The van der Waals surface area contributed by atoms with Gasteiger partial charge in [0.2, 0.25) is 10.0 Å². The van der Waals surface area contributed by atoms with Crippen LogP contribution in [0.15, 0.2) is 41.3 Å². The summed E-state index contributed by atoms with van der Waals surface area (Å²) in [5.74, 6) is -0.198. The third-order valence-electron chi connectivity index (χ3n) is 5.77. The van der Waals surface area contributed by atoms with E-state index in [4.69, 9.17) is 4.74 Å². The van der Waals surface area contributed by atoms with Crippen LogP contribution in [0, 0.1) is 17.8 Å². The number of sulfonamides is 1. The fraction of sp³-hybridized carbons (Fsp3) is 0.500. The average Bonchev–Trinajstić information content (AvgIpc) is 3.44. The molecule has 1 aliphatic heterocycles. The highest BCUT2D eigenvalue weighted by Crippen LogP contribution is 2.43. The van der Waals surface area contributed by atoms with Gasteiger partial charge in [-0.15, -0.1) is 0 Å². The molecule has 1 N–H and O–H groups in total. The zero-order chi connectivity index (χ0) is 19.7. The number of esters is 1. The van der Waals surface area contributed by atoms with Gasteiger partial charge in [-0.2, -0.15) is 4.31 Å². The maximum absolute atomic E-state index is 12.5. The van der Waals surface area contributed by atoms with E-state index in [0.717, 1.165) is 25.7 Å². The molecule has 1 saturated carbocycles. The number of ether oxygens (including phenoxy) is 1. The van der Waals surface area contributed by atoms with E-state index in [9.17, 15) is 18.0 Å². The lowest BCUT2D eigenvalue weighted by Crippen LogP contribution is -2.28. The smallest absolute Gasteiger partial charge is 0.310 e. The molecule has 1 saturated heterocycles. The number of nitrogens with zero attached hydrogens (tertiary/aromatic N) is 1. The van der Waals surface area contributed by atoms with E-state index in [2.05, 4.69) is 17.5 Å². The third-order valence-corrected chi connectivity index (χ3v) is 7.68. The van der Waals surface area contributed by atoms with Crippen molar-refractivity contribution in [3.8, 4) is 0 Å². The van der Waals surface area contributed by atoms with Gasteiger partial charge in [0.05, 0.1) is 10.8 Å². The van der Waals surface area contributed by atoms with Gasteiger partial charge in [0.25, 0.3) is 5.91 Å². The molecule has 2 bridgehead atoms. The maximum Gasteiger partial charge on any atom is 0.310 e. The SMILES string of the molecule is O=C(COC(=O)[C@@H]1C[C@@H]2C=C[C@H]1C2)Nc1ccc(S(=O)(=O)N2CCCC2)cc1. The van der Waals surface area contributed by atoms with Crippen molar-refractivity contribution in [3.05, 3.63) is 36.4 Å². The Morgan fingerprint density at radius 3 is 2.39 bits per heavy atom. The molecule has 8 heteroatoms. The van der Waals surface area contributed by atoms with Gasteiger partial charge < -0.3 is 10.1 Å². The van der Waals surface area contributed by atoms with Gasteiger partial charge in [-0.1, -0.05) is 12.2 Å². The zero-order valence-electron chi connectivity index (χ0n) is 15.5. The second kappa shape index (κ2) is 7.67. The number of hydrogen-bond donors (Lipinski definition) is 1. The first-order valence-corrected chi connectivity index (χ1v) is 11.1. The van der Waals surface area contributed by atoms with Crippen molar-refractivity contribution in [2.24, 2.45) is 17.8 Å². The third kappa shape index (κ3) is 3.84. The molecule has 3 atom stereocenters. The van der Waals surface area contributed by atoms with Gasteiger partial charge in [-0.3, -0.25) is 9.59 Å². The van der Waals surface area contributed by atoms with E-state index >= 15 is 0 Å². The molecule has 0 aromatic heterocycles. The van der Waals surface area contributed by atoms with Crippen molar-refractivity contribution < 1.29 is 22.7 Å². The summed E-state index contributed by atoms with van der Waals surface area (Å²) in [4.78, 5) is 24.4. The molecule has 4 rings (SSSR count). The predicted molar refractivity (Wildman–Crippen MR) is 103 cm³/mol. The number of anilines is 1. The highest BCUT2D eigenvalue weighted by atomic mass is 32.2. The average molecular weight is 404 g/mol. The summed E-state index contributed by atoms with van der Waals surface area (Å²) in [5, 5.41) is 2.63. The van der Waals surface area contributed by atoms with Crippen molar-refractivity contribution in [3.63, 3.8) is 0 Å². The van der Waals surface area contributed by atoms with E-state index in [1.165, 1.54) is 16.4 Å². The standard InChI is InChI=1S/C20H24N2O5S/c23-19(13-27-20(24)18-12-14-3-4-15(18)11-14)21-16-5-7-17(8-6-16)28(25,26)22-9-1-2-10-22/h3-8,14-15,18H,1-2,9-13H2,(H,21,23)/t14-,15+,18-/m1/s1. The summed E-state index contributed by atoms with van der Waals surface area (Å²) in [6.45, 7) is 0.749. The topological polar surface area (TPSA) is 92.8 Å². The van der Waals surface area contributed by atoms with Crippen molar-refractivity contribution in [2.75, 3.05) is 25.0 Å². The lowest BCUT2D eigenvalue weighted by molar-refractivity contribution is -0.152. The Labute approximate surface area is 164 Å². The molecule has 2 aliphatic carbocycles. The molecule has 1 aromatic rings. The van der Waals surface area contributed by atoms with E-state index in [1.807, 2.05) is 0 Å². The largest absolute Gasteiger partial charge is 0.455 e. The highest BCUT2D eigenvalue weighted by Gasteiger charge is 2.40. The van der Waals surface area contributed by atoms with Crippen molar-refractivity contribution >= 4 is 27.6 Å². The molecule has 3 aliphatic rings. The van der Waals surface area contributed by atoms with Crippen LogP contribution in [0.3, 0.4) is 0 Å². The van der Waals surface area contributed by atoms with Crippen molar-refractivity contribution in [1.82, 2.24) is 4.31 Å². The predicted octanol–water partition coefficient (Wildman–Crippen LogP) is 2.17. The fourth-order valence-corrected chi connectivity index (χ4v) is 5.80. The zero-order valence-corrected chi connectivity index (χ0v) is 16.4. The number of carbonyl (C=O) groups excluding carboxylic acids is 2. The normalized spacial score (nSPS) is 26.5. The van der Waals surface area contributed by atoms with Crippen LogP contribution in [-0.4, -0.2) is 44.3 Å². The minimum atomic E-state index is -3.47. The molecule has 7 nitrogen and oxygen atoms in total. The lowest BCUT2D eigenvalue weighted by atomic mass is 9.94. The van der Waals surface area contributed by atoms with Crippen LogP contribution in [0.2, 0.25) is 0 Å². The van der Waals surface area contributed by atoms with Gasteiger partial charge >= 0.3 is 5.97 Å². The van der Waals surface area contributed by atoms with Gasteiger partial charge in [-0.25, -0.2) is 8.42 Å². The first kappa shape index (κ1) is 19.1. The summed E-state index contributed by atoms with van der Waals surface area (Å²) in [7, 11) is -3.47. The summed E-state index contributed by atoms with van der Waals surface area (Å²) >= 11 is 0. The molecule has 1 aromatic carbocycles. The summed E-state index contributed by atoms with van der Waals surface area (Å²) in [5.41, 5.74) is 0.462. The van der Waals surface area contributed by atoms with Gasteiger partial charge in [0.1, 0.15) is 0 Å². The minimum Gasteiger partial charge on any atom is -0.455 e. The first-order valence-electron chi connectivity index (χ1n) is 9.68. The van der Waals surface area contributed by atoms with E-state index in [1.54, 1.807) is 12.1 Å². The minimum absolute atomic E-state index is 0.141. The van der Waals surface area contributed by atoms with Crippen LogP contribution < -0.4 is 5.32 Å². The summed E-state index contributed by atoms with van der Waals surface area (Å²) in [6.07, 6.45) is 7.77. The fourth-order valence-electron chi connectivity index (χ4n) is 4.28. The number of hydrogen-bond acceptors (Lipinski definition) is 5. The van der Waals surface area contributed by atoms with E-state index in [-0.39, 0.29) is 29.3 Å². The quantitative estimate of drug-likeness (QED) is 0.579. The number of fused-ring (bicyclic) bond motifs is 2. The van der Waals surface area contributed by atoms with Crippen LogP contribution >= 0.6 is 0 Å². The van der Waals surface area contributed by atoms with Crippen LogP contribution in [0.5, 0.6) is 0 Å². The number of rotatable bonds is 6. The second-order valence-electron chi connectivity index (χ2n) is 7.68. The number of nitrogens with one attached hydrogen (secondary N) is 1. The Hall–Kier alpha value is -2.19. The van der Waals surface area contributed by atoms with Crippen molar-refractivity contribution in [1.29, 1.82) is 0 Å². The lowest BCUT2D eigenvalue weighted by Gasteiger charge is -2.17. The summed E-state index contributed by atoms with van der Waals surface area (Å²) < 4.78 is 31.7. The van der Waals surface area contributed by atoms with Crippen LogP contribution in [0.25, 0.3) is 0 Å². The number of benzene rings is 1. The molecule has 150 valence electrons. The Balaban J connectivity index is 1.29. The van der Waals surface area contributed by atoms with Gasteiger partial charge in [-0.05, 0) is 61.8 Å². The highest BCUT2D eigenvalue weighted by molar-refractivity contribution is 7.89. The Morgan fingerprint density at radius 1 is 1.07 bits per heavy atom. The second-order valence-corrected chi connectivity index (χ2v) is 9.62. The number of allylic oxidation sites excluding steroid dienone is 2. The Morgan fingerprint density at radius 2 is 1.79 bits per heavy atom. The van der Waals surface area contributed by atoms with Crippen LogP contribution in [-0.2, 0) is 24.3 Å². The van der Waals surface area contributed by atoms with E-state index < -0.39 is 15.9 Å². The van der Waals surface area contributed by atoms with Crippen LogP contribution in [0.4, 0.5) is 5.69 Å². The van der Waals surface area contributed by atoms with E-state index in [0.29, 0.717) is 24.7 Å². The molecule has 1 amide bonds. The Kier molecular flexibility index (Phi) is 5.25. The maximum atomic E-state index is 12.5. The molecular weight excluding hydrogens is 380 g/mol. The Bertz CT molecular complexity index is 888. The molecule has 1 heterocycles. The molecule has 0 radical (unpaired) electrons. The molecule has 0 unspecified atom stereocenters. The van der Waals surface area contributed by atoms with Crippen LogP contribution in [0.1, 0.15) is 25.7 Å². The number of carbonyl (C=O) groups is 2.